The van der Waals surface area contributed by atoms with E-state index >= 15 is 0 Å². The molecule has 0 aliphatic heterocycles. The van der Waals surface area contributed by atoms with Crippen molar-refractivity contribution in [3.8, 4) is 0 Å². The number of aldehydes is 1. The average molecular weight is 166 g/mol. The van der Waals surface area contributed by atoms with E-state index in [0.29, 0.717) is 0 Å². The summed E-state index contributed by atoms with van der Waals surface area (Å²) >= 11 is 0. The molecule has 0 rings (SSSR count). The van der Waals surface area contributed by atoms with Gasteiger partial charge in [-0.2, -0.15) is 0 Å². The monoisotopic (exact) mass is 166 g/mol. The van der Waals surface area contributed by atoms with Crippen LogP contribution in [0.4, 0.5) is 0 Å². The van der Waals surface area contributed by atoms with Crippen molar-refractivity contribution in [2.45, 2.75) is 34.1 Å². The molecule has 0 heterocycles. The largest absolute Gasteiger partial charge is 0.302 e. The van der Waals surface area contributed by atoms with Crippen LogP contribution in [-0.4, -0.2) is 6.29 Å². The van der Waals surface area contributed by atoms with Gasteiger partial charge in [-0.05, 0) is 34.1 Å². The van der Waals surface area contributed by atoms with Crippen LogP contribution >= 0.6 is 0 Å². The third-order valence-corrected chi connectivity index (χ3v) is 1.77. The molecule has 0 aromatic heterocycles. The molecule has 1 heteroatoms. The first-order valence-electron chi connectivity index (χ1n) is 4.27. The standard InChI is InChI=1S/C11H18O/c1-5-7-11(4,9-12)8-6-10(2)3/h5-7,9H,8H2,1-4H3. The van der Waals surface area contributed by atoms with Gasteiger partial charge in [0.15, 0.2) is 0 Å². The fourth-order valence-electron chi connectivity index (χ4n) is 0.960. The molecule has 1 atom stereocenters. The minimum absolute atomic E-state index is 0.313. The smallest absolute Gasteiger partial charge is 0.129 e. The Hall–Kier alpha value is -0.850. The molecule has 1 unspecified atom stereocenters. The Kier molecular flexibility index (Phi) is 4.57. The maximum Gasteiger partial charge on any atom is 0.129 e. The van der Waals surface area contributed by atoms with E-state index in [-0.39, 0.29) is 5.41 Å². The van der Waals surface area contributed by atoms with Gasteiger partial charge in [-0.25, -0.2) is 0 Å². The van der Waals surface area contributed by atoms with Gasteiger partial charge in [-0.15, -0.1) is 0 Å². The Morgan fingerprint density at radius 3 is 2.33 bits per heavy atom. The topological polar surface area (TPSA) is 17.1 Å². The quantitative estimate of drug-likeness (QED) is 0.463. The second-order valence-corrected chi connectivity index (χ2v) is 3.61. The van der Waals surface area contributed by atoms with Gasteiger partial charge < -0.3 is 4.79 Å². The van der Waals surface area contributed by atoms with Crippen LogP contribution in [0, 0.1) is 5.41 Å². The zero-order valence-corrected chi connectivity index (χ0v) is 8.42. The molecule has 12 heavy (non-hydrogen) atoms. The van der Waals surface area contributed by atoms with Gasteiger partial charge in [0.2, 0.25) is 0 Å². The molecule has 0 spiro atoms. The van der Waals surface area contributed by atoms with Crippen molar-refractivity contribution < 1.29 is 4.79 Å². The van der Waals surface area contributed by atoms with E-state index in [0.717, 1.165) is 12.7 Å². The van der Waals surface area contributed by atoms with Gasteiger partial charge in [0.25, 0.3) is 0 Å². The summed E-state index contributed by atoms with van der Waals surface area (Å²) in [5, 5.41) is 0. The Labute approximate surface area is 75.2 Å². The lowest BCUT2D eigenvalue weighted by Gasteiger charge is -2.15. The van der Waals surface area contributed by atoms with Crippen LogP contribution in [0.2, 0.25) is 0 Å². The molecule has 0 saturated carbocycles. The van der Waals surface area contributed by atoms with Crippen LogP contribution in [0.5, 0.6) is 0 Å². The molecule has 0 bridgehead atoms. The first-order valence-corrected chi connectivity index (χ1v) is 4.27. The van der Waals surface area contributed by atoms with Crippen LogP contribution in [0.3, 0.4) is 0 Å². The van der Waals surface area contributed by atoms with Gasteiger partial charge in [0.05, 0.1) is 0 Å². The van der Waals surface area contributed by atoms with E-state index in [4.69, 9.17) is 0 Å². The summed E-state index contributed by atoms with van der Waals surface area (Å²) in [5.74, 6) is 0. The van der Waals surface area contributed by atoms with E-state index in [9.17, 15) is 4.79 Å². The summed E-state index contributed by atoms with van der Waals surface area (Å²) in [7, 11) is 0. The fourth-order valence-corrected chi connectivity index (χ4v) is 0.960. The van der Waals surface area contributed by atoms with Crippen LogP contribution in [-0.2, 0) is 4.79 Å². The van der Waals surface area contributed by atoms with Crippen molar-refractivity contribution in [2.75, 3.05) is 0 Å². The van der Waals surface area contributed by atoms with Gasteiger partial charge in [-0.1, -0.05) is 23.8 Å². The normalized spacial score (nSPS) is 15.7. The number of rotatable bonds is 4. The van der Waals surface area contributed by atoms with Gasteiger partial charge >= 0.3 is 0 Å². The highest BCUT2D eigenvalue weighted by atomic mass is 16.1. The Morgan fingerprint density at radius 2 is 2.00 bits per heavy atom. The predicted octanol–water partition coefficient (Wildman–Crippen LogP) is 3.12. The molecule has 0 saturated heterocycles. The SMILES string of the molecule is CC=CC(C)(C=O)CC=C(C)C. The predicted molar refractivity (Wildman–Crippen MR) is 53.0 cm³/mol. The highest BCUT2D eigenvalue weighted by Crippen LogP contribution is 2.21. The highest BCUT2D eigenvalue weighted by molar-refractivity contribution is 5.62. The second kappa shape index (κ2) is 4.91. The number of allylic oxidation sites excluding steroid dienone is 4. The molecule has 0 amide bonds. The minimum atomic E-state index is -0.313. The van der Waals surface area contributed by atoms with E-state index in [1.807, 2.05) is 39.8 Å². The minimum Gasteiger partial charge on any atom is -0.302 e. The molecule has 1 nitrogen and oxygen atoms in total. The van der Waals surface area contributed by atoms with Gasteiger partial charge in [-0.3, -0.25) is 0 Å². The molecule has 68 valence electrons. The summed E-state index contributed by atoms with van der Waals surface area (Å²) in [6.07, 6.45) is 7.76. The van der Waals surface area contributed by atoms with Gasteiger partial charge in [0, 0.05) is 5.41 Å². The van der Waals surface area contributed by atoms with Crippen LogP contribution in [0.15, 0.2) is 23.8 Å². The molecule has 0 radical (unpaired) electrons. The van der Waals surface area contributed by atoms with E-state index in [1.165, 1.54) is 5.57 Å². The Bertz CT molecular complexity index is 197. The number of carbonyl (C=O) groups excluding carboxylic acids is 1. The maximum absolute atomic E-state index is 10.7. The summed E-state index contributed by atoms with van der Waals surface area (Å²) in [6.45, 7) is 7.96. The Morgan fingerprint density at radius 1 is 1.42 bits per heavy atom. The van der Waals surface area contributed by atoms with E-state index in [1.54, 1.807) is 0 Å². The molecular weight excluding hydrogens is 148 g/mol. The number of hydrogen-bond donors (Lipinski definition) is 0. The van der Waals surface area contributed by atoms with Gasteiger partial charge in [0.1, 0.15) is 6.29 Å². The van der Waals surface area contributed by atoms with Crippen LogP contribution in [0.1, 0.15) is 34.1 Å². The summed E-state index contributed by atoms with van der Waals surface area (Å²) < 4.78 is 0. The van der Waals surface area contributed by atoms with Crippen molar-refractivity contribution in [2.24, 2.45) is 5.41 Å². The van der Waals surface area contributed by atoms with Crippen LogP contribution in [0.25, 0.3) is 0 Å². The summed E-state index contributed by atoms with van der Waals surface area (Å²) in [6, 6.07) is 0. The molecule has 0 fully saturated rings. The summed E-state index contributed by atoms with van der Waals surface area (Å²) in [5.41, 5.74) is 0.944. The second-order valence-electron chi connectivity index (χ2n) is 3.61. The number of hydrogen-bond acceptors (Lipinski definition) is 1. The zero-order chi connectivity index (χ0) is 9.61. The fraction of sp³-hybridized carbons (Fsp3) is 0.545. The van der Waals surface area contributed by atoms with E-state index < -0.39 is 0 Å². The number of carbonyl (C=O) groups is 1. The third kappa shape index (κ3) is 4.12. The molecule has 0 aromatic rings. The molecule has 0 aliphatic carbocycles. The lowest BCUT2D eigenvalue weighted by molar-refractivity contribution is -0.113. The van der Waals surface area contributed by atoms with Crippen molar-refractivity contribution in [1.29, 1.82) is 0 Å². The molecule has 0 N–H and O–H groups in total. The first-order chi connectivity index (χ1) is 5.54. The van der Waals surface area contributed by atoms with Crippen molar-refractivity contribution >= 4 is 6.29 Å². The first kappa shape index (κ1) is 11.2. The maximum atomic E-state index is 10.7. The van der Waals surface area contributed by atoms with Crippen LogP contribution < -0.4 is 0 Å². The molecule has 0 aliphatic rings. The van der Waals surface area contributed by atoms with Crippen molar-refractivity contribution in [3.05, 3.63) is 23.8 Å². The molecule has 0 aromatic carbocycles. The lowest BCUT2D eigenvalue weighted by Crippen LogP contribution is -2.13. The van der Waals surface area contributed by atoms with Crippen molar-refractivity contribution in [1.82, 2.24) is 0 Å². The third-order valence-electron chi connectivity index (χ3n) is 1.77. The Balaban J connectivity index is 4.34. The molecular formula is C11H18O. The average Bonchev–Trinajstić information content (AvgIpc) is 2.02. The lowest BCUT2D eigenvalue weighted by atomic mass is 9.87. The van der Waals surface area contributed by atoms with E-state index in [2.05, 4.69) is 6.08 Å². The van der Waals surface area contributed by atoms with Crippen molar-refractivity contribution in [3.63, 3.8) is 0 Å². The highest BCUT2D eigenvalue weighted by Gasteiger charge is 2.17. The zero-order valence-electron chi connectivity index (χ0n) is 8.42. The summed E-state index contributed by atoms with van der Waals surface area (Å²) in [4.78, 5) is 10.7.